The summed E-state index contributed by atoms with van der Waals surface area (Å²) in [7, 11) is 0. The molecule has 0 amide bonds. The maximum absolute atomic E-state index is 11.1. The van der Waals surface area contributed by atoms with Crippen molar-refractivity contribution in [3.8, 4) is 0 Å². The Bertz CT molecular complexity index is 204. The molecular weight excluding hydrogens is 176 g/mol. The summed E-state index contributed by atoms with van der Waals surface area (Å²) in [5.41, 5.74) is 0.563. The normalized spacial score (nSPS) is 10.4. The van der Waals surface area contributed by atoms with Crippen molar-refractivity contribution in [3.05, 3.63) is 24.3 Å². The molecule has 0 aliphatic rings. The van der Waals surface area contributed by atoms with Crippen LogP contribution in [-0.4, -0.2) is 12.6 Å². The first-order valence-electron chi connectivity index (χ1n) is 5.22. The van der Waals surface area contributed by atoms with Gasteiger partial charge in [-0.25, -0.2) is 4.79 Å². The molecule has 14 heavy (non-hydrogen) atoms. The van der Waals surface area contributed by atoms with Crippen LogP contribution in [0.15, 0.2) is 24.3 Å². The molecule has 0 N–H and O–H groups in total. The van der Waals surface area contributed by atoms with E-state index in [4.69, 9.17) is 4.74 Å². The fourth-order valence-corrected chi connectivity index (χ4v) is 0.995. The fourth-order valence-electron chi connectivity index (χ4n) is 0.995. The van der Waals surface area contributed by atoms with Gasteiger partial charge in [0, 0.05) is 5.57 Å². The predicted octanol–water partition coefficient (Wildman–Crippen LogP) is 3.24. The highest BCUT2D eigenvalue weighted by Gasteiger charge is 2.05. The zero-order valence-electron chi connectivity index (χ0n) is 9.21. The van der Waals surface area contributed by atoms with Crippen LogP contribution in [0.5, 0.6) is 0 Å². The standard InChI is InChI=1S/C12H20O2/c1-4-6-7-8-9-10-11(3)12(13)14-5-2/h7-8H,3-6,9-10H2,1-2H3. The number of carbonyl (C=O) groups excluding carboxylic acids is 1. The Balaban J connectivity index is 3.58. The summed E-state index contributed by atoms with van der Waals surface area (Å²) in [6.45, 7) is 8.04. The van der Waals surface area contributed by atoms with Crippen molar-refractivity contribution in [2.75, 3.05) is 6.61 Å². The van der Waals surface area contributed by atoms with E-state index in [1.165, 1.54) is 0 Å². The number of hydrogen-bond acceptors (Lipinski definition) is 2. The molecule has 0 radical (unpaired) electrons. The third-order valence-corrected chi connectivity index (χ3v) is 1.80. The van der Waals surface area contributed by atoms with E-state index in [0.29, 0.717) is 18.6 Å². The number of hydrogen-bond donors (Lipinski definition) is 0. The minimum atomic E-state index is -0.267. The van der Waals surface area contributed by atoms with Gasteiger partial charge in [0.1, 0.15) is 0 Å². The van der Waals surface area contributed by atoms with Crippen LogP contribution >= 0.6 is 0 Å². The van der Waals surface area contributed by atoms with E-state index in [2.05, 4.69) is 25.7 Å². The van der Waals surface area contributed by atoms with Gasteiger partial charge in [0.25, 0.3) is 0 Å². The molecule has 2 heteroatoms. The first kappa shape index (κ1) is 12.9. The predicted molar refractivity (Wildman–Crippen MR) is 59.1 cm³/mol. The second-order valence-electron chi connectivity index (χ2n) is 3.12. The van der Waals surface area contributed by atoms with Crippen LogP contribution in [0.1, 0.15) is 39.5 Å². The summed E-state index contributed by atoms with van der Waals surface area (Å²) in [6, 6.07) is 0. The number of ether oxygens (including phenoxy) is 1. The molecule has 0 saturated carbocycles. The molecule has 0 heterocycles. The van der Waals surface area contributed by atoms with Crippen molar-refractivity contribution < 1.29 is 9.53 Å². The molecule has 0 aromatic heterocycles. The Morgan fingerprint density at radius 2 is 1.93 bits per heavy atom. The van der Waals surface area contributed by atoms with Crippen LogP contribution in [0.2, 0.25) is 0 Å². The Morgan fingerprint density at radius 1 is 1.29 bits per heavy atom. The molecule has 0 saturated heterocycles. The third-order valence-electron chi connectivity index (χ3n) is 1.80. The number of allylic oxidation sites excluding steroid dienone is 2. The number of rotatable bonds is 7. The van der Waals surface area contributed by atoms with Gasteiger partial charge in [-0.15, -0.1) is 0 Å². The molecule has 0 unspecified atom stereocenters. The zero-order valence-corrected chi connectivity index (χ0v) is 9.21. The lowest BCUT2D eigenvalue weighted by Gasteiger charge is -2.02. The summed E-state index contributed by atoms with van der Waals surface area (Å²) in [4.78, 5) is 11.1. The Kier molecular flexibility index (Phi) is 7.90. The maximum atomic E-state index is 11.1. The quantitative estimate of drug-likeness (QED) is 0.355. The molecule has 0 bridgehead atoms. The second kappa shape index (κ2) is 8.54. The highest BCUT2D eigenvalue weighted by Crippen LogP contribution is 2.05. The molecule has 0 aliphatic heterocycles. The van der Waals surface area contributed by atoms with E-state index in [1.807, 2.05) is 0 Å². The van der Waals surface area contributed by atoms with E-state index >= 15 is 0 Å². The summed E-state index contributed by atoms with van der Waals surface area (Å²) in [6.07, 6.45) is 8.06. The smallest absolute Gasteiger partial charge is 0.333 e. The lowest BCUT2D eigenvalue weighted by atomic mass is 10.1. The summed E-state index contributed by atoms with van der Waals surface area (Å²) in [5.74, 6) is -0.267. The van der Waals surface area contributed by atoms with Crippen molar-refractivity contribution in [2.24, 2.45) is 0 Å². The molecule has 0 fully saturated rings. The van der Waals surface area contributed by atoms with Gasteiger partial charge in [0.2, 0.25) is 0 Å². The average Bonchev–Trinajstić information content (AvgIpc) is 2.17. The van der Waals surface area contributed by atoms with Gasteiger partial charge < -0.3 is 4.74 Å². The van der Waals surface area contributed by atoms with Crippen LogP contribution in [0.3, 0.4) is 0 Å². The lowest BCUT2D eigenvalue weighted by Crippen LogP contribution is -2.06. The van der Waals surface area contributed by atoms with E-state index in [0.717, 1.165) is 19.3 Å². The number of esters is 1. The van der Waals surface area contributed by atoms with Gasteiger partial charge in [-0.1, -0.05) is 32.1 Å². The highest BCUT2D eigenvalue weighted by atomic mass is 16.5. The summed E-state index contributed by atoms with van der Waals surface area (Å²) < 4.78 is 4.82. The molecule has 0 atom stereocenters. The maximum Gasteiger partial charge on any atom is 0.333 e. The van der Waals surface area contributed by atoms with Crippen molar-refractivity contribution in [1.29, 1.82) is 0 Å². The van der Waals surface area contributed by atoms with Gasteiger partial charge in [0.05, 0.1) is 6.61 Å². The first-order chi connectivity index (χ1) is 6.72. The molecule has 2 nitrogen and oxygen atoms in total. The van der Waals surface area contributed by atoms with Gasteiger partial charge >= 0.3 is 5.97 Å². The molecule has 80 valence electrons. The fraction of sp³-hybridized carbons (Fsp3) is 0.583. The monoisotopic (exact) mass is 196 g/mol. The Morgan fingerprint density at radius 3 is 2.50 bits per heavy atom. The molecule has 0 aliphatic carbocycles. The average molecular weight is 196 g/mol. The van der Waals surface area contributed by atoms with Crippen LogP contribution in [0.25, 0.3) is 0 Å². The van der Waals surface area contributed by atoms with E-state index in [-0.39, 0.29) is 5.97 Å². The van der Waals surface area contributed by atoms with E-state index in [9.17, 15) is 4.79 Å². The van der Waals surface area contributed by atoms with Crippen molar-refractivity contribution in [1.82, 2.24) is 0 Å². The van der Waals surface area contributed by atoms with Crippen LogP contribution < -0.4 is 0 Å². The van der Waals surface area contributed by atoms with E-state index in [1.54, 1.807) is 6.92 Å². The van der Waals surface area contributed by atoms with E-state index < -0.39 is 0 Å². The highest BCUT2D eigenvalue weighted by molar-refractivity contribution is 5.87. The SMILES string of the molecule is C=C(CCC=CCCC)C(=O)OCC. The van der Waals surface area contributed by atoms with Crippen molar-refractivity contribution >= 4 is 5.97 Å². The van der Waals surface area contributed by atoms with Gasteiger partial charge in [-0.2, -0.15) is 0 Å². The molecule has 0 aromatic carbocycles. The Labute approximate surface area is 86.6 Å². The Hall–Kier alpha value is -1.05. The van der Waals surface area contributed by atoms with Crippen LogP contribution in [0.4, 0.5) is 0 Å². The third kappa shape index (κ3) is 6.46. The number of unbranched alkanes of at least 4 members (excludes halogenated alkanes) is 1. The minimum absolute atomic E-state index is 0.267. The topological polar surface area (TPSA) is 26.3 Å². The van der Waals surface area contributed by atoms with Crippen molar-refractivity contribution in [3.63, 3.8) is 0 Å². The largest absolute Gasteiger partial charge is 0.463 e. The van der Waals surface area contributed by atoms with Gasteiger partial charge in [-0.05, 0) is 26.2 Å². The molecular formula is C12H20O2. The van der Waals surface area contributed by atoms with Gasteiger partial charge in [0.15, 0.2) is 0 Å². The molecule has 0 rings (SSSR count). The minimum Gasteiger partial charge on any atom is -0.463 e. The molecule has 0 aromatic rings. The van der Waals surface area contributed by atoms with Crippen LogP contribution in [0, 0.1) is 0 Å². The molecule has 0 spiro atoms. The summed E-state index contributed by atoms with van der Waals surface area (Å²) >= 11 is 0. The van der Waals surface area contributed by atoms with Crippen molar-refractivity contribution in [2.45, 2.75) is 39.5 Å². The number of carbonyl (C=O) groups is 1. The van der Waals surface area contributed by atoms with Crippen LogP contribution in [-0.2, 0) is 9.53 Å². The second-order valence-corrected chi connectivity index (χ2v) is 3.12. The zero-order chi connectivity index (χ0) is 10.8. The summed E-state index contributed by atoms with van der Waals surface area (Å²) in [5, 5.41) is 0. The van der Waals surface area contributed by atoms with Gasteiger partial charge in [-0.3, -0.25) is 0 Å². The lowest BCUT2D eigenvalue weighted by molar-refractivity contribution is -0.138. The first-order valence-corrected chi connectivity index (χ1v) is 5.22.